The number of sulfonamides is 1. The fraction of sp³-hybridized carbons (Fsp3) is 0.917. The first-order valence-corrected chi connectivity index (χ1v) is 8.46. The van der Waals surface area contributed by atoms with Gasteiger partial charge in [-0.2, -0.15) is 0 Å². The molecule has 7 heteroatoms. The number of carboxylic acid groups (broad SMARTS) is 1. The third-order valence-electron chi connectivity index (χ3n) is 4.27. The fourth-order valence-corrected chi connectivity index (χ4v) is 4.51. The van der Waals surface area contributed by atoms with E-state index in [4.69, 9.17) is 5.11 Å². The molecule has 0 spiro atoms. The molecular formula is C12H22N2O4S. The zero-order valence-corrected chi connectivity index (χ0v) is 12.0. The summed E-state index contributed by atoms with van der Waals surface area (Å²) in [4.78, 5) is 12.8. The maximum absolute atomic E-state index is 11.8. The average molecular weight is 290 g/mol. The number of nitrogens with one attached hydrogen (secondary N) is 1. The Hall–Kier alpha value is -0.660. The maximum Gasteiger partial charge on any atom is 0.304 e. The summed E-state index contributed by atoms with van der Waals surface area (Å²) in [5.41, 5.74) is 0. The van der Waals surface area contributed by atoms with Crippen molar-refractivity contribution in [3.63, 3.8) is 0 Å². The standard InChI is InChI=1S/C12H22N2O4S/c1-14-10-3-2-4-11(14)8-9(7-10)13-19(17,18)6-5-12(15)16/h9-11,13H,2-8H2,1H3,(H,15,16). The summed E-state index contributed by atoms with van der Waals surface area (Å²) in [5.74, 6) is -1.41. The van der Waals surface area contributed by atoms with Crippen molar-refractivity contribution in [1.29, 1.82) is 0 Å². The van der Waals surface area contributed by atoms with Gasteiger partial charge in [-0.15, -0.1) is 0 Å². The normalized spacial score (nSPS) is 32.2. The number of hydrogen-bond acceptors (Lipinski definition) is 4. The maximum atomic E-state index is 11.8. The zero-order chi connectivity index (χ0) is 14.0. The SMILES string of the molecule is CN1C2CCCC1CC(NS(=O)(=O)CCC(=O)O)C2. The van der Waals surface area contributed by atoms with E-state index >= 15 is 0 Å². The molecule has 0 amide bonds. The minimum atomic E-state index is -3.47. The lowest BCUT2D eigenvalue weighted by atomic mass is 9.83. The van der Waals surface area contributed by atoms with Gasteiger partial charge < -0.3 is 10.0 Å². The highest BCUT2D eigenvalue weighted by Gasteiger charge is 2.37. The van der Waals surface area contributed by atoms with Crippen LogP contribution in [0.25, 0.3) is 0 Å². The molecule has 2 fully saturated rings. The lowest BCUT2D eigenvalue weighted by Crippen LogP contribution is -2.55. The van der Waals surface area contributed by atoms with Crippen molar-refractivity contribution >= 4 is 16.0 Å². The smallest absolute Gasteiger partial charge is 0.304 e. The van der Waals surface area contributed by atoms with Gasteiger partial charge in [-0.3, -0.25) is 4.79 Å². The number of nitrogens with zero attached hydrogens (tertiary/aromatic N) is 1. The van der Waals surface area contributed by atoms with Crippen molar-refractivity contribution in [3.8, 4) is 0 Å². The molecule has 2 aliphatic rings. The van der Waals surface area contributed by atoms with Crippen molar-refractivity contribution in [2.75, 3.05) is 12.8 Å². The molecule has 2 heterocycles. The summed E-state index contributed by atoms with van der Waals surface area (Å²) in [7, 11) is -1.36. The highest BCUT2D eigenvalue weighted by atomic mass is 32.2. The molecule has 0 aromatic rings. The van der Waals surface area contributed by atoms with E-state index in [1.54, 1.807) is 0 Å². The summed E-state index contributed by atoms with van der Waals surface area (Å²) in [6, 6.07) is 0.879. The molecule has 19 heavy (non-hydrogen) atoms. The summed E-state index contributed by atoms with van der Waals surface area (Å²) in [6.07, 6.45) is 4.80. The van der Waals surface area contributed by atoms with Crippen LogP contribution in [0, 0.1) is 0 Å². The van der Waals surface area contributed by atoms with E-state index in [2.05, 4.69) is 16.7 Å². The van der Waals surface area contributed by atoms with Crippen LogP contribution >= 0.6 is 0 Å². The minimum Gasteiger partial charge on any atom is -0.481 e. The number of carboxylic acids is 1. The Labute approximate surface area is 114 Å². The van der Waals surface area contributed by atoms with E-state index < -0.39 is 16.0 Å². The average Bonchev–Trinajstić information content (AvgIpc) is 2.28. The van der Waals surface area contributed by atoms with E-state index in [1.165, 1.54) is 6.42 Å². The molecule has 0 aliphatic carbocycles. The number of aliphatic carboxylic acids is 1. The van der Waals surface area contributed by atoms with Crippen molar-refractivity contribution in [2.24, 2.45) is 0 Å². The number of rotatable bonds is 5. The number of fused-ring (bicyclic) bond motifs is 2. The Morgan fingerprint density at radius 3 is 2.42 bits per heavy atom. The molecule has 6 nitrogen and oxygen atoms in total. The second-order valence-electron chi connectivity index (χ2n) is 5.65. The number of hydrogen-bond donors (Lipinski definition) is 2. The third-order valence-corrected chi connectivity index (χ3v) is 5.70. The molecule has 2 aliphatic heterocycles. The highest BCUT2D eigenvalue weighted by Crippen LogP contribution is 2.32. The molecule has 110 valence electrons. The Morgan fingerprint density at radius 1 is 1.32 bits per heavy atom. The van der Waals surface area contributed by atoms with Gasteiger partial charge in [-0.1, -0.05) is 6.42 Å². The molecule has 0 aromatic heterocycles. The zero-order valence-electron chi connectivity index (χ0n) is 11.2. The number of piperidine rings is 2. The van der Waals surface area contributed by atoms with Crippen molar-refractivity contribution in [1.82, 2.24) is 9.62 Å². The fourth-order valence-electron chi connectivity index (χ4n) is 3.25. The first kappa shape index (κ1) is 14.7. The molecule has 2 bridgehead atoms. The lowest BCUT2D eigenvalue weighted by molar-refractivity contribution is -0.136. The van der Waals surface area contributed by atoms with Gasteiger partial charge in [0.05, 0.1) is 12.2 Å². The summed E-state index contributed by atoms with van der Waals surface area (Å²) in [5, 5.41) is 8.55. The molecule has 2 N–H and O–H groups in total. The van der Waals surface area contributed by atoms with Gasteiger partial charge in [0.1, 0.15) is 0 Å². The van der Waals surface area contributed by atoms with Crippen LogP contribution in [0.1, 0.15) is 38.5 Å². The highest BCUT2D eigenvalue weighted by molar-refractivity contribution is 7.89. The summed E-state index contributed by atoms with van der Waals surface area (Å²) >= 11 is 0. The van der Waals surface area contributed by atoms with E-state index in [0.717, 1.165) is 25.7 Å². The van der Waals surface area contributed by atoms with Crippen LogP contribution in [-0.2, 0) is 14.8 Å². The molecule has 0 radical (unpaired) electrons. The van der Waals surface area contributed by atoms with Crippen molar-refractivity contribution in [2.45, 2.75) is 56.7 Å². The largest absolute Gasteiger partial charge is 0.481 e. The van der Waals surface area contributed by atoms with E-state index in [-0.39, 0.29) is 18.2 Å². The Balaban J connectivity index is 1.91. The summed E-state index contributed by atoms with van der Waals surface area (Å²) in [6.45, 7) is 0. The Bertz CT molecular complexity index is 423. The topological polar surface area (TPSA) is 86.7 Å². The van der Waals surface area contributed by atoms with Crippen LogP contribution in [0.5, 0.6) is 0 Å². The molecular weight excluding hydrogens is 268 g/mol. The van der Waals surface area contributed by atoms with Gasteiger partial charge in [0.25, 0.3) is 0 Å². The Morgan fingerprint density at radius 2 is 1.89 bits per heavy atom. The predicted octanol–water partition coefficient (Wildman–Crippen LogP) is 0.396. The van der Waals surface area contributed by atoms with E-state index in [9.17, 15) is 13.2 Å². The molecule has 0 saturated carbocycles. The van der Waals surface area contributed by atoms with Gasteiger partial charge in [0.15, 0.2) is 0 Å². The Kier molecular flexibility index (Phi) is 4.47. The number of carbonyl (C=O) groups is 1. The van der Waals surface area contributed by atoms with Crippen LogP contribution in [-0.4, -0.2) is 55.3 Å². The van der Waals surface area contributed by atoms with Gasteiger partial charge in [-0.25, -0.2) is 13.1 Å². The van der Waals surface area contributed by atoms with E-state index in [1.807, 2.05) is 0 Å². The first-order chi connectivity index (χ1) is 8.87. The van der Waals surface area contributed by atoms with Gasteiger partial charge in [0.2, 0.25) is 10.0 Å². The molecule has 2 rings (SSSR count). The lowest BCUT2D eigenvalue weighted by Gasteiger charge is -2.47. The van der Waals surface area contributed by atoms with Crippen LogP contribution in [0.3, 0.4) is 0 Å². The van der Waals surface area contributed by atoms with Gasteiger partial charge in [0, 0.05) is 18.1 Å². The van der Waals surface area contributed by atoms with Gasteiger partial charge in [-0.05, 0) is 32.7 Å². The molecule has 2 unspecified atom stereocenters. The molecule has 0 aromatic carbocycles. The quantitative estimate of drug-likeness (QED) is 0.765. The summed E-state index contributed by atoms with van der Waals surface area (Å²) < 4.78 is 26.3. The van der Waals surface area contributed by atoms with Crippen LogP contribution in [0.4, 0.5) is 0 Å². The van der Waals surface area contributed by atoms with Crippen molar-refractivity contribution < 1.29 is 18.3 Å². The minimum absolute atomic E-state index is 0.0368. The van der Waals surface area contributed by atoms with Crippen LogP contribution in [0.2, 0.25) is 0 Å². The molecule has 2 saturated heterocycles. The second-order valence-corrected chi connectivity index (χ2v) is 7.53. The predicted molar refractivity (Wildman–Crippen MR) is 71.4 cm³/mol. The first-order valence-electron chi connectivity index (χ1n) is 6.81. The second kappa shape index (κ2) is 5.76. The third kappa shape index (κ3) is 3.90. The van der Waals surface area contributed by atoms with Crippen LogP contribution in [0.15, 0.2) is 0 Å². The van der Waals surface area contributed by atoms with E-state index in [0.29, 0.717) is 12.1 Å². The monoisotopic (exact) mass is 290 g/mol. The van der Waals surface area contributed by atoms with Gasteiger partial charge >= 0.3 is 5.97 Å². The van der Waals surface area contributed by atoms with Crippen molar-refractivity contribution in [3.05, 3.63) is 0 Å². The van der Waals surface area contributed by atoms with Crippen LogP contribution < -0.4 is 4.72 Å². The molecule has 2 atom stereocenters.